The van der Waals surface area contributed by atoms with Gasteiger partial charge in [-0.2, -0.15) is 0 Å². The highest BCUT2D eigenvalue weighted by atomic mass is 79.9. The Morgan fingerprint density at radius 2 is 1.85 bits per heavy atom. The predicted molar refractivity (Wildman–Crippen MR) is 91.2 cm³/mol. The lowest BCUT2D eigenvalue weighted by Crippen LogP contribution is -1.86. The van der Waals surface area contributed by atoms with E-state index in [9.17, 15) is 0 Å². The second-order valence-electron chi connectivity index (χ2n) is 4.07. The minimum atomic E-state index is 1.00. The lowest BCUT2D eigenvalue weighted by Gasteiger charge is -2.03. The van der Waals surface area contributed by atoms with Gasteiger partial charge >= 0.3 is 0 Å². The molecule has 4 heteroatoms. The zero-order valence-corrected chi connectivity index (χ0v) is 14.2. The highest BCUT2D eigenvalue weighted by molar-refractivity contribution is 9.10. The Morgan fingerprint density at radius 3 is 2.55 bits per heavy atom. The van der Waals surface area contributed by atoms with Gasteiger partial charge in [-0.3, -0.25) is 3.97 Å². The molecule has 0 saturated heterocycles. The van der Waals surface area contributed by atoms with Gasteiger partial charge < -0.3 is 0 Å². The van der Waals surface area contributed by atoms with E-state index in [1.165, 1.54) is 15.8 Å². The molecule has 3 aromatic rings. The Kier molecular flexibility index (Phi) is 5.26. The molecule has 0 bridgehead atoms. The smallest absolute Gasteiger partial charge is 0.150 e. The molecule has 3 rings (SSSR count). The van der Waals surface area contributed by atoms with Gasteiger partial charge in [0, 0.05) is 27.1 Å². The molecule has 2 nitrogen and oxygen atoms in total. The number of rotatable bonds is 2. The Bertz CT molecular complexity index is 692. The number of benzene rings is 1. The van der Waals surface area contributed by atoms with Crippen LogP contribution >= 0.6 is 27.9 Å². The summed E-state index contributed by atoms with van der Waals surface area (Å²) in [6.07, 6.45) is 3.96. The molecule has 0 fully saturated rings. The summed E-state index contributed by atoms with van der Waals surface area (Å²) < 4.78 is 3.13. The number of halogens is 1. The van der Waals surface area contributed by atoms with Gasteiger partial charge in [-0.15, -0.1) is 0 Å². The van der Waals surface area contributed by atoms with E-state index in [1.54, 1.807) is 11.9 Å². The van der Waals surface area contributed by atoms with Crippen molar-refractivity contribution in [2.24, 2.45) is 0 Å². The fourth-order valence-corrected chi connectivity index (χ4v) is 3.15. The van der Waals surface area contributed by atoms with Crippen LogP contribution in [0.2, 0.25) is 0 Å². The average molecular weight is 349 g/mol. The van der Waals surface area contributed by atoms with Crippen molar-refractivity contribution >= 4 is 38.9 Å². The maximum absolute atomic E-state index is 4.49. The molecule has 0 atom stereocenters. The Balaban J connectivity index is 0.000000704. The monoisotopic (exact) mass is 348 g/mol. The Labute approximate surface area is 132 Å². The number of aromatic nitrogens is 2. The molecule has 0 aliphatic rings. The van der Waals surface area contributed by atoms with E-state index in [0.717, 1.165) is 10.1 Å². The number of fused-ring (bicyclic) bond motifs is 1. The number of nitrogens with zero attached hydrogens (tertiary/aromatic N) is 2. The largest absolute Gasteiger partial charge is 0.270 e. The first-order valence-electron chi connectivity index (χ1n) is 6.60. The summed E-state index contributed by atoms with van der Waals surface area (Å²) in [5, 5.41) is 1.19. The SMILES string of the molecule is CC.Cc1cn(Sc2ccccc2)c2ncc(Br)cc12. The van der Waals surface area contributed by atoms with Crippen LogP contribution in [-0.4, -0.2) is 8.96 Å². The molecular weight excluding hydrogens is 332 g/mol. The van der Waals surface area contributed by atoms with Crippen molar-refractivity contribution in [2.75, 3.05) is 0 Å². The fourth-order valence-electron chi connectivity index (χ4n) is 1.87. The van der Waals surface area contributed by atoms with Crippen LogP contribution in [0, 0.1) is 6.92 Å². The van der Waals surface area contributed by atoms with Gasteiger partial charge in [-0.25, -0.2) is 4.98 Å². The summed E-state index contributed by atoms with van der Waals surface area (Å²) in [6, 6.07) is 12.4. The minimum absolute atomic E-state index is 1.00. The molecule has 104 valence electrons. The summed E-state index contributed by atoms with van der Waals surface area (Å²) in [5.74, 6) is 0. The molecule has 20 heavy (non-hydrogen) atoms. The highest BCUT2D eigenvalue weighted by Crippen LogP contribution is 2.29. The summed E-state index contributed by atoms with van der Waals surface area (Å²) in [7, 11) is 0. The maximum atomic E-state index is 4.49. The van der Waals surface area contributed by atoms with Crippen LogP contribution in [0.25, 0.3) is 11.0 Å². The van der Waals surface area contributed by atoms with E-state index in [2.05, 4.69) is 56.2 Å². The van der Waals surface area contributed by atoms with Gasteiger partial charge in [0.1, 0.15) is 0 Å². The third-order valence-electron chi connectivity index (χ3n) is 2.72. The molecule has 0 N–H and O–H groups in total. The van der Waals surface area contributed by atoms with E-state index >= 15 is 0 Å². The van der Waals surface area contributed by atoms with Gasteiger partial charge in [-0.05, 0) is 58.6 Å². The molecule has 1 aromatic carbocycles. The Hall–Kier alpha value is -1.26. The van der Waals surface area contributed by atoms with Crippen LogP contribution in [0.15, 0.2) is 58.2 Å². The van der Waals surface area contributed by atoms with Crippen molar-refractivity contribution in [1.29, 1.82) is 0 Å². The summed E-state index contributed by atoms with van der Waals surface area (Å²) in [5.41, 5.74) is 2.24. The molecule has 0 spiro atoms. The molecule has 0 aliphatic heterocycles. The van der Waals surface area contributed by atoms with Crippen molar-refractivity contribution in [2.45, 2.75) is 25.7 Å². The molecule has 2 heterocycles. The average Bonchev–Trinajstić information content (AvgIpc) is 2.78. The van der Waals surface area contributed by atoms with Crippen LogP contribution in [0.5, 0.6) is 0 Å². The number of pyridine rings is 1. The highest BCUT2D eigenvalue weighted by Gasteiger charge is 2.08. The number of hydrogen-bond acceptors (Lipinski definition) is 2. The number of hydrogen-bond donors (Lipinski definition) is 0. The van der Waals surface area contributed by atoms with Gasteiger partial charge in [-0.1, -0.05) is 32.0 Å². The van der Waals surface area contributed by atoms with Crippen LogP contribution in [0.3, 0.4) is 0 Å². The van der Waals surface area contributed by atoms with Crippen molar-refractivity contribution in [3.8, 4) is 0 Å². The standard InChI is InChI=1S/C14H11BrN2S.C2H6/c1-10-9-17(18-12-5-3-2-4-6-12)14-13(10)7-11(15)8-16-14;1-2/h2-9H,1H3;1-2H3. The minimum Gasteiger partial charge on any atom is -0.270 e. The third kappa shape index (κ3) is 3.25. The van der Waals surface area contributed by atoms with Crippen molar-refractivity contribution in [3.63, 3.8) is 0 Å². The van der Waals surface area contributed by atoms with Gasteiger partial charge in [0.25, 0.3) is 0 Å². The molecule has 2 aromatic heterocycles. The normalized spacial score (nSPS) is 10.2. The second kappa shape index (κ2) is 6.95. The molecule has 0 unspecified atom stereocenters. The van der Waals surface area contributed by atoms with Crippen molar-refractivity contribution in [1.82, 2.24) is 8.96 Å². The van der Waals surface area contributed by atoms with E-state index in [-0.39, 0.29) is 0 Å². The molecule has 0 aliphatic carbocycles. The third-order valence-corrected chi connectivity index (χ3v) is 4.12. The molecule has 0 radical (unpaired) electrons. The van der Waals surface area contributed by atoms with E-state index < -0.39 is 0 Å². The van der Waals surface area contributed by atoms with Gasteiger partial charge in [0.15, 0.2) is 5.65 Å². The summed E-state index contributed by atoms with van der Waals surface area (Å²) in [6.45, 7) is 6.11. The summed E-state index contributed by atoms with van der Waals surface area (Å²) >= 11 is 5.15. The molecule has 0 amide bonds. The van der Waals surface area contributed by atoms with Crippen molar-refractivity contribution < 1.29 is 0 Å². The van der Waals surface area contributed by atoms with Crippen LogP contribution < -0.4 is 0 Å². The quantitative estimate of drug-likeness (QED) is 0.592. The van der Waals surface area contributed by atoms with Gasteiger partial charge in [0.2, 0.25) is 0 Å². The topological polar surface area (TPSA) is 17.8 Å². The van der Waals surface area contributed by atoms with E-state index in [1.807, 2.05) is 38.2 Å². The fraction of sp³-hybridized carbons (Fsp3) is 0.188. The first-order chi connectivity index (χ1) is 9.74. The first-order valence-corrected chi connectivity index (χ1v) is 8.17. The number of aryl methyl sites for hydroxylation is 1. The lowest BCUT2D eigenvalue weighted by atomic mass is 10.2. The first kappa shape index (κ1) is 15.1. The maximum Gasteiger partial charge on any atom is 0.150 e. The zero-order chi connectivity index (χ0) is 14.5. The van der Waals surface area contributed by atoms with Crippen LogP contribution in [0.1, 0.15) is 19.4 Å². The summed E-state index contributed by atoms with van der Waals surface area (Å²) in [4.78, 5) is 5.70. The lowest BCUT2D eigenvalue weighted by molar-refractivity contribution is 1.23. The molecule has 0 saturated carbocycles. The predicted octanol–water partition coefficient (Wildman–Crippen LogP) is 5.69. The van der Waals surface area contributed by atoms with E-state index in [4.69, 9.17) is 0 Å². The van der Waals surface area contributed by atoms with Crippen LogP contribution in [-0.2, 0) is 0 Å². The Morgan fingerprint density at radius 1 is 1.15 bits per heavy atom. The van der Waals surface area contributed by atoms with Gasteiger partial charge in [0.05, 0.1) is 0 Å². The van der Waals surface area contributed by atoms with Crippen molar-refractivity contribution in [3.05, 3.63) is 58.8 Å². The van der Waals surface area contributed by atoms with Crippen LogP contribution in [0.4, 0.5) is 0 Å². The second-order valence-corrected chi connectivity index (χ2v) is 6.03. The van der Waals surface area contributed by atoms with E-state index in [0.29, 0.717) is 0 Å². The molecular formula is C16H17BrN2S. The zero-order valence-electron chi connectivity index (χ0n) is 11.8.